The second-order valence-electron chi connectivity index (χ2n) is 5.87. The van der Waals surface area contributed by atoms with Crippen molar-refractivity contribution in [1.29, 1.82) is 0 Å². The van der Waals surface area contributed by atoms with Gasteiger partial charge in [0.2, 0.25) is 5.91 Å². The standard InChI is InChI=1S/C17H18F3NO5/c1-25-12-5-3-11(4-6-12)15(24)21-13(22)7-9-16(21,17(18,19)20)10-8-14(23)26-2/h3-6H,7-10H2,1-2H3. The molecule has 0 spiro atoms. The predicted octanol–water partition coefficient (Wildman–Crippen LogP) is 2.71. The molecule has 1 aliphatic rings. The van der Waals surface area contributed by atoms with E-state index in [2.05, 4.69) is 4.74 Å². The number of ether oxygens (including phenoxy) is 2. The molecule has 0 radical (unpaired) electrons. The van der Waals surface area contributed by atoms with E-state index in [9.17, 15) is 27.6 Å². The molecule has 1 heterocycles. The molecule has 0 bridgehead atoms. The van der Waals surface area contributed by atoms with Gasteiger partial charge in [0.1, 0.15) is 11.3 Å². The third-order valence-corrected chi connectivity index (χ3v) is 4.47. The van der Waals surface area contributed by atoms with Crippen molar-refractivity contribution in [2.24, 2.45) is 0 Å². The van der Waals surface area contributed by atoms with Gasteiger partial charge in [0, 0.05) is 18.4 Å². The molecule has 0 saturated carbocycles. The van der Waals surface area contributed by atoms with E-state index in [0.717, 1.165) is 7.11 Å². The number of hydrogen-bond acceptors (Lipinski definition) is 5. The maximum Gasteiger partial charge on any atom is 0.412 e. The summed E-state index contributed by atoms with van der Waals surface area (Å²) in [5, 5.41) is 0. The van der Waals surface area contributed by atoms with Crippen molar-refractivity contribution in [3.05, 3.63) is 29.8 Å². The molecule has 0 aromatic heterocycles. The molecule has 1 unspecified atom stereocenters. The molecule has 26 heavy (non-hydrogen) atoms. The van der Waals surface area contributed by atoms with Crippen molar-refractivity contribution in [2.75, 3.05) is 14.2 Å². The Kier molecular flexibility index (Phi) is 5.58. The number of likely N-dealkylation sites (tertiary alicyclic amines) is 1. The van der Waals surface area contributed by atoms with Crippen LogP contribution in [0.5, 0.6) is 5.75 Å². The summed E-state index contributed by atoms with van der Waals surface area (Å²) in [6.45, 7) is 0. The van der Waals surface area contributed by atoms with Gasteiger partial charge in [0.05, 0.1) is 14.2 Å². The quantitative estimate of drug-likeness (QED) is 0.586. The topological polar surface area (TPSA) is 72.9 Å². The molecule has 1 aliphatic heterocycles. The molecule has 0 N–H and O–H groups in total. The zero-order chi connectivity index (χ0) is 19.5. The van der Waals surface area contributed by atoms with E-state index in [4.69, 9.17) is 4.74 Å². The van der Waals surface area contributed by atoms with Gasteiger partial charge in [0.25, 0.3) is 5.91 Å². The van der Waals surface area contributed by atoms with Crippen molar-refractivity contribution < 1.29 is 37.0 Å². The highest BCUT2D eigenvalue weighted by molar-refractivity contribution is 6.06. The van der Waals surface area contributed by atoms with Crippen LogP contribution in [0.15, 0.2) is 24.3 Å². The lowest BCUT2D eigenvalue weighted by atomic mass is 9.89. The number of carbonyl (C=O) groups excluding carboxylic acids is 3. The molecule has 6 nitrogen and oxygen atoms in total. The fraction of sp³-hybridized carbons (Fsp3) is 0.471. The highest BCUT2D eigenvalue weighted by Gasteiger charge is 2.64. The van der Waals surface area contributed by atoms with Crippen LogP contribution >= 0.6 is 0 Å². The number of carbonyl (C=O) groups is 3. The Bertz CT molecular complexity index is 701. The Morgan fingerprint density at radius 2 is 1.81 bits per heavy atom. The number of imide groups is 1. The molecule has 1 fully saturated rings. The van der Waals surface area contributed by atoms with Gasteiger partial charge in [-0.05, 0) is 37.1 Å². The number of nitrogens with zero attached hydrogens (tertiary/aromatic N) is 1. The first-order chi connectivity index (χ1) is 12.2. The summed E-state index contributed by atoms with van der Waals surface area (Å²) in [5.41, 5.74) is -2.80. The first-order valence-electron chi connectivity index (χ1n) is 7.81. The van der Waals surface area contributed by atoms with E-state index >= 15 is 0 Å². The van der Waals surface area contributed by atoms with Crippen molar-refractivity contribution in [3.63, 3.8) is 0 Å². The average molecular weight is 373 g/mol. The number of alkyl halides is 3. The predicted molar refractivity (Wildman–Crippen MR) is 83.4 cm³/mol. The zero-order valence-electron chi connectivity index (χ0n) is 14.3. The largest absolute Gasteiger partial charge is 0.497 e. The Balaban J connectivity index is 2.41. The van der Waals surface area contributed by atoms with Crippen molar-refractivity contribution in [1.82, 2.24) is 4.90 Å². The van der Waals surface area contributed by atoms with Crippen molar-refractivity contribution in [2.45, 2.75) is 37.4 Å². The summed E-state index contributed by atoms with van der Waals surface area (Å²) < 4.78 is 50.9. The number of benzene rings is 1. The molecule has 2 rings (SSSR count). The van der Waals surface area contributed by atoms with E-state index < -0.39 is 55.2 Å². The van der Waals surface area contributed by atoms with Gasteiger partial charge < -0.3 is 9.47 Å². The lowest BCUT2D eigenvalue weighted by molar-refractivity contribution is -0.219. The Hall–Kier alpha value is -2.58. The van der Waals surface area contributed by atoms with Crippen LogP contribution < -0.4 is 4.74 Å². The molecule has 1 aromatic rings. The molecular formula is C17H18F3NO5. The number of methoxy groups -OCH3 is 2. The molecule has 1 atom stereocenters. The van der Waals surface area contributed by atoms with Crippen LogP contribution in [0.25, 0.3) is 0 Å². The average Bonchev–Trinajstić information content (AvgIpc) is 2.96. The van der Waals surface area contributed by atoms with Gasteiger partial charge in [-0.25, -0.2) is 0 Å². The summed E-state index contributed by atoms with van der Waals surface area (Å²) in [5.74, 6) is -2.41. The normalized spacial score (nSPS) is 20.2. The molecule has 2 amide bonds. The molecule has 1 aromatic carbocycles. The fourth-order valence-electron chi connectivity index (χ4n) is 3.00. The van der Waals surface area contributed by atoms with Gasteiger partial charge in [-0.15, -0.1) is 0 Å². The summed E-state index contributed by atoms with van der Waals surface area (Å²) >= 11 is 0. The maximum atomic E-state index is 13.9. The van der Waals surface area contributed by atoms with Crippen LogP contribution in [0.2, 0.25) is 0 Å². The second-order valence-corrected chi connectivity index (χ2v) is 5.87. The highest BCUT2D eigenvalue weighted by Crippen LogP contribution is 2.47. The smallest absolute Gasteiger partial charge is 0.412 e. The third-order valence-electron chi connectivity index (χ3n) is 4.47. The van der Waals surface area contributed by atoms with Gasteiger partial charge >= 0.3 is 12.1 Å². The number of esters is 1. The van der Waals surface area contributed by atoms with Crippen LogP contribution in [0.4, 0.5) is 13.2 Å². The van der Waals surface area contributed by atoms with E-state index in [0.29, 0.717) is 5.75 Å². The van der Waals surface area contributed by atoms with Gasteiger partial charge in [0.15, 0.2) is 0 Å². The summed E-state index contributed by atoms with van der Waals surface area (Å²) in [4.78, 5) is 36.4. The summed E-state index contributed by atoms with van der Waals surface area (Å²) in [6.07, 6.45) is -7.20. The molecule has 9 heteroatoms. The van der Waals surface area contributed by atoms with Crippen LogP contribution in [0.1, 0.15) is 36.0 Å². The first-order valence-corrected chi connectivity index (χ1v) is 7.81. The second kappa shape index (κ2) is 7.35. The number of rotatable bonds is 5. The minimum absolute atomic E-state index is 0.0762. The SMILES string of the molecule is COC(=O)CCC1(C(F)(F)F)CCC(=O)N1C(=O)c1ccc(OC)cc1. The van der Waals surface area contributed by atoms with Crippen molar-refractivity contribution in [3.8, 4) is 5.75 Å². The van der Waals surface area contributed by atoms with Gasteiger partial charge in [-0.3, -0.25) is 19.3 Å². The number of hydrogen-bond donors (Lipinski definition) is 0. The first kappa shape index (κ1) is 19.7. The van der Waals surface area contributed by atoms with E-state index in [1.165, 1.54) is 31.4 Å². The van der Waals surface area contributed by atoms with Crippen LogP contribution in [0, 0.1) is 0 Å². The monoisotopic (exact) mass is 373 g/mol. The van der Waals surface area contributed by atoms with Gasteiger partial charge in [-0.1, -0.05) is 0 Å². The maximum absolute atomic E-state index is 13.9. The fourth-order valence-corrected chi connectivity index (χ4v) is 3.00. The van der Waals surface area contributed by atoms with Gasteiger partial charge in [-0.2, -0.15) is 13.2 Å². The number of halogens is 3. The molecule has 1 saturated heterocycles. The Morgan fingerprint density at radius 1 is 1.19 bits per heavy atom. The summed E-state index contributed by atoms with van der Waals surface area (Å²) in [6, 6.07) is 5.40. The Labute approximate surface area is 147 Å². The lowest BCUT2D eigenvalue weighted by Gasteiger charge is -2.38. The molecule has 142 valence electrons. The zero-order valence-corrected chi connectivity index (χ0v) is 14.3. The molecule has 0 aliphatic carbocycles. The van der Waals surface area contributed by atoms with E-state index in [1.807, 2.05) is 0 Å². The van der Waals surface area contributed by atoms with E-state index in [1.54, 1.807) is 0 Å². The van der Waals surface area contributed by atoms with Crippen molar-refractivity contribution >= 4 is 17.8 Å². The lowest BCUT2D eigenvalue weighted by Crippen LogP contribution is -2.58. The highest BCUT2D eigenvalue weighted by atomic mass is 19.4. The third kappa shape index (κ3) is 3.51. The Morgan fingerprint density at radius 3 is 2.31 bits per heavy atom. The minimum atomic E-state index is -4.88. The number of amides is 2. The minimum Gasteiger partial charge on any atom is -0.497 e. The molecular weight excluding hydrogens is 355 g/mol. The van der Waals surface area contributed by atoms with E-state index in [-0.39, 0.29) is 10.5 Å². The van der Waals surface area contributed by atoms with Crippen LogP contribution in [-0.2, 0) is 14.3 Å². The summed E-state index contributed by atoms with van der Waals surface area (Å²) in [7, 11) is 2.46. The van der Waals surface area contributed by atoms with Crippen LogP contribution in [-0.4, -0.2) is 48.6 Å². The van der Waals surface area contributed by atoms with Crippen LogP contribution in [0.3, 0.4) is 0 Å².